The lowest BCUT2D eigenvalue weighted by Crippen LogP contribution is -2.59. The van der Waals surface area contributed by atoms with Gasteiger partial charge in [0.15, 0.2) is 0 Å². The molecule has 5 nitrogen and oxygen atoms in total. The molecule has 156 valence electrons. The van der Waals surface area contributed by atoms with E-state index < -0.39 is 17.3 Å². The van der Waals surface area contributed by atoms with Gasteiger partial charge < -0.3 is 19.9 Å². The van der Waals surface area contributed by atoms with Crippen molar-refractivity contribution in [3.05, 3.63) is 69.9 Å². The third-order valence-electron chi connectivity index (χ3n) is 5.23. The van der Waals surface area contributed by atoms with Crippen molar-refractivity contribution < 1.29 is 23.8 Å². The number of ether oxygens (including phenoxy) is 2. The second-order valence-electron chi connectivity index (χ2n) is 7.33. The summed E-state index contributed by atoms with van der Waals surface area (Å²) in [5.74, 6) is -1.19. The molecule has 3 rings (SSSR count). The van der Waals surface area contributed by atoms with Crippen molar-refractivity contribution in [2.45, 2.75) is 31.6 Å². The highest BCUT2D eigenvalue weighted by molar-refractivity contribution is 9.10. The van der Waals surface area contributed by atoms with Crippen molar-refractivity contribution in [3.8, 4) is 0 Å². The molecule has 0 saturated carbocycles. The van der Waals surface area contributed by atoms with Crippen molar-refractivity contribution in [1.29, 1.82) is 0 Å². The maximum Gasteiger partial charge on any atom is 0.217 e. The predicted octanol–water partition coefficient (Wildman–Crippen LogP) is 3.53. The van der Waals surface area contributed by atoms with Crippen LogP contribution in [0.1, 0.15) is 24.5 Å². The van der Waals surface area contributed by atoms with E-state index in [1.807, 2.05) is 30.3 Å². The first kappa shape index (κ1) is 21.9. The Labute approximate surface area is 178 Å². The minimum absolute atomic E-state index is 0.0462. The van der Waals surface area contributed by atoms with Gasteiger partial charge in [0.25, 0.3) is 0 Å². The summed E-state index contributed by atoms with van der Waals surface area (Å²) in [5.41, 5.74) is 0.209. The van der Waals surface area contributed by atoms with E-state index in [4.69, 9.17) is 9.47 Å². The number of benzene rings is 2. The number of aliphatic hydroxyl groups excluding tert-OH is 1. The van der Waals surface area contributed by atoms with Crippen LogP contribution in [0.3, 0.4) is 0 Å². The Bertz CT molecular complexity index is 835. The fourth-order valence-electron chi connectivity index (χ4n) is 3.84. The second kappa shape index (κ2) is 9.80. The van der Waals surface area contributed by atoms with Gasteiger partial charge >= 0.3 is 0 Å². The van der Waals surface area contributed by atoms with Crippen LogP contribution in [0.5, 0.6) is 0 Å². The molecule has 1 fully saturated rings. The van der Waals surface area contributed by atoms with Gasteiger partial charge in [0, 0.05) is 29.5 Å². The highest BCUT2D eigenvalue weighted by Gasteiger charge is 2.47. The van der Waals surface area contributed by atoms with Crippen LogP contribution in [-0.2, 0) is 26.4 Å². The molecule has 1 aliphatic rings. The molecule has 1 aliphatic heterocycles. The topological polar surface area (TPSA) is 67.8 Å². The van der Waals surface area contributed by atoms with Gasteiger partial charge in [-0.2, -0.15) is 0 Å². The monoisotopic (exact) mass is 465 g/mol. The first-order chi connectivity index (χ1) is 13.9. The van der Waals surface area contributed by atoms with Crippen LogP contribution in [0.2, 0.25) is 0 Å². The molecule has 0 radical (unpaired) electrons. The Morgan fingerprint density at radius 2 is 2.10 bits per heavy atom. The summed E-state index contributed by atoms with van der Waals surface area (Å²) in [4.78, 5) is 12.0. The van der Waals surface area contributed by atoms with Crippen LogP contribution in [0.4, 0.5) is 4.39 Å². The lowest BCUT2D eigenvalue weighted by Gasteiger charge is -2.46. The Balaban J connectivity index is 1.75. The summed E-state index contributed by atoms with van der Waals surface area (Å²) in [5, 5.41) is 13.0. The smallest absolute Gasteiger partial charge is 0.217 e. The number of aliphatic hydroxyl groups is 1. The van der Waals surface area contributed by atoms with Gasteiger partial charge in [-0.15, -0.1) is 0 Å². The third-order valence-corrected chi connectivity index (χ3v) is 5.73. The van der Waals surface area contributed by atoms with E-state index >= 15 is 0 Å². The summed E-state index contributed by atoms with van der Waals surface area (Å²) in [6, 6.07) is 14.4. The highest BCUT2D eigenvalue weighted by Crippen LogP contribution is 2.40. The molecule has 2 aromatic rings. The molecule has 0 aliphatic carbocycles. The SMILES string of the molecule is CC(=O)N[C@@]1(c2cc(Br)ccc2F)CO[C@@H](COCc2ccccc2)C[C@H]1CO. The van der Waals surface area contributed by atoms with Crippen LogP contribution in [0.25, 0.3) is 0 Å². The number of hydrogen-bond acceptors (Lipinski definition) is 4. The van der Waals surface area contributed by atoms with Gasteiger partial charge in [-0.1, -0.05) is 46.3 Å². The van der Waals surface area contributed by atoms with Gasteiger partial charge in [0.05, 0.1) is 31.5 Å². The summed E-state index contributed by atoms with van der Waals surface area (Å²) < 4.78 is 27.2. The van der Waals surface area contributed by atoms with Crippen LogP contribution in [0, 0.1) is 11.7 Å². The number of hydrogen-bond donors (Lipinski definition) is 2. The second-order valence-corrected chi connectivity index (χ2v) is 8.24. The quantitative estimate of drug-likeness (QED) is 0.656. The zero-order valence-electron chi connectivity index (χ0n) is 16.2. The summed E-state index contributed by atoms with van der Waals surface area (Å²) in [6.45, 7) is 2.01. The molecule has 0 bridgehead atoms. The lowest BCUT2D eigenvalue weighted by atomic mass is 9.74. The minimum atomic E-state index is -1.15. The Morgan fingerprint density at radius 3 is 2.79 bits per heavy atom. The molecule has 7 heteroatoms. The summed E-state index contributed by atoms with van der Waals surface area (Å²) >= 11 is 3.36. The highest BCUT2D eigenvalue weighted by atomic mass is 79.9. The normalized spacial score (nSPS) is 24.3. The van der Waals surface area contributed by atoms with Crippen molar-refractivity contribution in [2.24, 2.45) is 5.92 Å². The van der Waals surface area contributed by atoms with Gasteiger partial charge in [-0.25, -0.2) is 4.39 Å². The molecule has 0 spiro atoms. The predicted molar refractivity (Wildman–Crippen MR) is 111 cm³/mol. The molecular formula is C22H25BrFNO4. The molecule has 2 N–H and O–H groups in total. The number of nitrogens with one attached hydrogen (secondary N) is 1. The standard InChI is InChI=1S/C22H25BrFNO4/c1-15(27)25-22(20-10-18(23)7-8-21(20)24)14-29-19(9-17(22)11-26)13-28-12-16-5-3-2-4-6-16/h2-8,10,17,19,26H,9,11-14H2,1H3,(H,25,27)/t17-,19+,22-/m0/s1. The van der Waals surface area contributed by atoms with Crippen LogP contribution < -0.4 is 5.32 Å². The number of halogens is 2. The maximum absolute atomic E-state index is 14.7. The molecule has 29 heavy (non-hydrogen) atoms. The zero-order chi connectivity index (χ0) is 20.9. The number of carbonyl (C=O) groups is 1. The van der Waals surface area contributed by atoms with E-state index in [-0.39, 0.29) is 25.2 Å². The van der Waals surface area contributed by atoms with Crippen molar-refractivity contribution in [1.82, 2.24) is 5.32 Å². The average molecular weight is 466 g/mol. The van der Waals surface area contributed by atoms with Gasteiger partial charge in [-0.3, -0.25) is 4.79 Å². The summed E-state index contributed by atoms with van der Waals surface area (Å²) in [6.07, 6.45) is 0.172. The molecular weight excluding hydrogens is 441 g/mol. The molecule has 1 saturated heterocycles. The van der Waals surface area contributed by atoms with Gasteiger partial charge in [0.2, 0.25) is 5.91 Å². The number of carbonyl (C=O) groups excluding carboxylic acids is 1. The van der Waals surface area contributed by atoms with E-state index in [1.54, 1.807) is 12.1 Å². The average Bonchev–Trinajstić information content (AvgIpc) is 2.71. The zero-order valence-corrected chi connectivity index (χ0v) is 17.8. The maximum atomic E-state index is 14.7. The first-order valence-corrected chi connectivity index (χ1v) is 10.3. The largest absolute Gasteiger partial charge is 0.396 e. The minimum Gasteiger partial charge on any atom is -0.396 e. The van der Waals surface area contributed by atoms with Gasteiger partial charge in [0.1, 0.15) is 5.82 Å². The Morgan fingerprint density at radius 1 is 1.34 bits per heavy atom. The fraction of sp³-hybridized carbons (Fsp3) is 0.409. The number of amides is 1. The van der Waals surface area contributed by atoms with Crippen LogP contribution >= 0.6 is 15.9 Å². The van der Waals surface area contributed by atoms with Crippen LogP contribution in [-0.4, -0.2) is 36.9 Å². The molecule has 3 atom stereocenters. The van der Waals surface area contributed by atoms with Crippen LogP contribution in [0.15, 0.2) is 53.0 Å². The molecule has 1 heterocycles. The van der Waals surface area contributed by atoms with E-state index in [1.165, 1.54) is 13.0 Å². The number of rotatable bonds is 7. The van der Waals surface area contributed by atoms with E-state index in [0.29, 0.717) is 29.7 Å². The summed E-state index contributed by atoms with van der Waals surface area (Å²) in [7, 11) is 0. The van der Waals surface area contributed by atoms with Crippen molar-refractivity contribution in [2.75, 3.05) is 19.8 Å². The molecule has 1 amide bonds. The fourth-order valence-corrected chi connectivity index (χ4v) is 4.20. The van der Waals surface area contributed by atoms with E-state index in [2.05, 4.69) is 21.2 Å². The van der Waals surface area contributed by atoms with Crippen molar-refractivity contribution in [3.63, 3.8) is 0 Å². The Hall–Kier alpha value is -1.80. The van der Waals surface area contributed by atoms with Gasteiger partial charge in [-0.05, 0) is 30.2 Å². The van der Waals surface area contributed by atoms with E-state index in [0.717, 1.165) is 5.56 Å². The molecule has 0 aromatic heterocycles. The third kappa shape index (κ3) is 5.22. The van der Waals surface area contributed by atoms with Crippen molar-refractivity contribution >= 4 is 21.8 Å². The van der Waals surface area contributed by atoms with E-state index in [9.17, 15) is 14.3 Å². The molecule has 0 unspecified atom stereocenters. The molecule has 2 aromatic carbocycles. The first-order valence-electron chi connectivity index (χ1n) is 9.53. The lowest BCUT2D eigenvalue weighted by molar-refractivity contribution is -0.136. The Kier molecular flexibility index (Phi) is 7.40.